The van der Waals surface area contributed by atoms with E-state index in [1.807, 2.05) is 35.7 Å². The lowest BCUT2D eigenvalue weighted by molar-refractivity contribution is -0.123. The monoisotopic (exact) mass is 374 g/mol. The minimum atomic E-state index is -0.0452. The van der Waals surface area contributed by atoms with E-state index in [1.54, 1.807) is 0 Å². The van der Waals surface area contributed by atoms with Gasteiger partial charge in [-0.1, -0.05) is 12.1 Å². The predicted octanol–water partition coefficient (Wildman–Crippen LogP) is 2.83. The molecule has 0 spiro atoms. The van der Waals surface area contributed by atoms with Crippen LogP contribution in [0.3, 0.4) is 0 Å². The maximum absolute atomic E-state index is 11.8. The van der Waals surface area contributed by atoms with Gasteiger partial charge in [0.25, 0.3) is 5.91 Å². The zero-order valence-corrected chi connectivity index (χ0v) is 15.4. The summed E-state index contributed by atoms with van der Waals surface area (Å²) in [6, 6.07) is 8.41. The molecule has 7 heteroatoms. The Morgan fingerprint density at radius 2 is 2.00 bits per heavy atom. The van der Waals surface area contributed by atoms with E-state index in [4.69, 9.17) is 4.74 Å². The molecule has 1 amide bonds. The van der Waals surface area contributed by atoms with E-state index in [9.17, 15) is 4.79 Å². The van der Waals surface area contributed by atoms with Crippen LogP contribution in [0.1, 0.15) is 23.0 Å². The van der Waals surface area contributed by atoms with Gasteiger partial charge in [-0.15, -0.1) is 35.9 Å². The van der Waals surface area contributed by atoms with Gasteiger partial charge in [-0.2, -0.15) is 0 Å². The highest BCUT2D eigenvalue weighted by molar-refractivity contribution is 8.16. The molecule has 1 aromatic rings. The van der Waals surface area contributed by atoms with Crippen molar-refractivity contribution in [3.05, 3.63) is 29.8 Å². The Bertz CT molecular complexity index is 489. The second-order valence-corrected chi connectivity index (χ2v) is 8.27. The van der Waals surface area contributed by atoms with Gasteiger partial charge >= 0.3 is 0 Å². The van der Waals surface area contributed by atoms with Gasteiger partial charge in [0.2, 0.25) is 0 Å². The van der Waals surface area contributed by atoms with Gasteiger partial charge < -0.3 is 15.4 Å². The maximum atomic E-state index is 11.8. The minimum Gasteiger partial charge on any atom is -0.484 e. The van der Waals surface area contributed by atoms with Crippen molar-refractivity contribution in [3.63, 3.8) is 0 Å². The van der Waals surface area contributed by atoms with E-state index >= 15 is 0 Å². The van der Waals surface area contributed by atoms with Crippen LogP contribution in [0, 0.1) is 0 Å². The summed E-state index contributed by atoms with van der Waals surface area (Å²) in [6.45, 7) is 1.92. The summed E-state index contributed by atoms with van der Waals surface area (Å²) < 4.78 is 6.12. The van der Waals surface area contributed by atoms with Gasteiger partial charge in [0.05, 0.1) is 4.58 Å². The van der Waals surface area contributed by atoms with E-state index in [2.05, 4.69) is 22.8 Å². The number of thioether (sulfide) groups is 2. The van der Waals surface area contributed by atoms with Crippen LogP contribution in [0.5, 0.6) is 5.75 Å². The first-order valence-electron chi connectivity index (χ1n) is 7.77. The zero-order chi connectivity index (χ0) is 15.2. The Kier molecular flexibility index (Phi) is 7.89. The van der Waals surface area contributed by atoms with Crippen LogP contribution in [0.25, 0.3) is 0 Å². The van der Waals surface area contributed by atoms with Gasteiger partial charge in [0, 0.05) is 12.6 Å². The molecule has 4 nitrogen and oxygen atoms in total. The highest BCUT2D eigenvalue weighted by Crippen LogP contribution is 2.43. The SMILES string of the molecule is Cl.O=C(COc1ccc(C2SCCCS2)cc1)NC1CCNC1. The largest absolute Gasteiger partial charge is 0.484 e. The van der Waals surface area contributed by atoms with Crippen molar-refractivity contribution in [2.45, 2.75) is 23.5 Å². The lowest BCUT2D eigenvalue weighted by Gasteiger charge is -2.21. The van der Waals surface area contributed by atoms with Crippen molar-refractivity contribution in [3.8, 4) is 5.75 Å². The Morgan fingerprint density at radius 3 is 2.65 bits per heavy atom. The van der Waals surface area contributed by atoms with E-state index in [-0.39, 0.29) is 31.0 Å². The van der Waals surface area contributed by atoms with Crippen LogP contribution in [-0.4, -0.2) is 43.2 Å². The van der Waals surface area contributed by atoms with Crippen molar-refractivity contribution in [2.24, 2.45) is 0 Å². The average molecular weight is 375 g/mol. The number of rotatable bonds is 5. The molecule has 3 rings (SSSR count). The van der Waals surface area contributed by atoms with E-state index < -0.39 is 0 Å². The average Bonchev–Trinajstić information content (AvgIpc) is 3.07. The molecule has 2 heterocycles. The van der Waals surface area contributed by atoms with Crippen LogP contribution < -0.4 is 15.4 Å². The van der Waals surface area contributed by atoms with Gasteiger partial charge in [-0.25, -0.2) is 0 Å². The standard InChI is InChI=1S/C16H22N2O2S2.ClH/c19-15(18-13-6-7-17-10-13)11-20-14-4-2-12(3-5-14)16-21-8-1-9-22-16;/h2-5,13,16-17H,1,6-11H2,(H,18,19);1H. The van der Waals surface area contributed by atoms with Crippen molar-refractivity contribution in [1.29, 1.82) is 0 Å². The summed E-state index contributed by atoms with van der Waals surface area (Å²) in [5.74, 6) is 3.20. The van der Waals surface area contributed by atoms with Crippen LogP contribution >= 0.6 is 35.9 Å². The van der Waals surface area contributed by atoms with E-state index in [0.717, 1.165) is 25.3 Å². The summed E-state index contributed by atoms with van der Waals surface area (Å²) in [5, 5.41) is 6.21. The molecule has 2 aliphatic heterocycles. The van der Waals surface area contributed by atoms with Crippen molar-refractivity contribution in [2.75, 3.05) is 31.2 Å². The van der Waals surface area contributed by atoms with Gasteiger partial charge in [0.1, 0.15) is 5.75 Å². The fourth-order valence-electron chi connectivity index (χ4n) is 2.60. The Morgan fingerprint density at radius 1 is 1.26 bits per heavy atom. The van der Waals surface area contributed by atoms with Gasteiger partial charge in [-0.3, -0.25) is 4.79 Å². The third-order valence-corrected chi connectivity index (χ3v) is 6.79. The van der Waals surface area contributed by atoms with Crippen molar-refractivity contribution < 1.29 is 9.53 Å². The molecule has 0 aromatic heterocycles. The molecule has 0 aliphatic carbocycles. The van der Waals surface area contributed by atoms with Gasteiger partial charge in [0.15, 0.2) is 6.61 Å². The molecule has 1 unspecified atom stereocenters. The molecule has 2 aliphatic rings. The Labute approximate surface area is 152 Å². The second kappa shape index (κ2) is 9.67. The number of hydrogen-bond acceptors (Lipinski definition) is 5. The second-order valence-electron chi connectivity index (χ2n) is 5.54. The molecule has 0 saturated carbocycles. The summed E-state index contributed by atoms with van der Waals surface area (Å²) in [4.78, 5) is 11.8. The third kappa shape index (κ3) is 5.78. The number of carbonyl (C=O) groups is 1. The molecule has 0 radical (unpaired) electrons. The quantitative estimate of drug-likeness (QED) is 0.830. The summed E-state index contributed by atoms with van der Waals surface area (Å²) in [7, 11) is 0. The molecule has 2 N–H and O–H groups in total. The van der Waals surface area contributed by atoms with Crippen LogP contribution in [0.2, 0.25) is 0 Å². The first-order valence-corrected chi connectivity index (χ1v) is 9.87. The summed E-state index contributed by atoms with van der Waals surface area (Å²) >= 11 is 4.02. The molecule has 1 aromatic carbocycles. The third-order valence-electron chi connectivity index (χ3n) is 3.77. The number of halogens is 1. The Hall–Kier alpha value is -0.560. The first kappa shape index (κ1) is 18.8. The number of nitrogens with one attached hydrogen (secondary N) is 2. The van der Waals surface area contributed by atoms with E-state index in [1.165, 1.54) is 23.5 Å². The number of hydrogen-bond donors (Lipinski definition) is 2. The van der Waals surface area contributed by atoms with Crippen LogP contribution in [0.4, 0.5) is 0 Å². The number of carbonyl (C=O) groups excluding carboxylic acids is 1. The van der Waals surface area contributed by atoms with Crippen LogP contribution in [-0.2, 0) is 4.79 Å². The topological polar surface area (TPSA) is 50.4 Å². The molecule has 0 bridgehead atoms. The van der Waals surface area contributed by atoms with Gasteiger partial charge in [-0.05, 0) is 48.6 Å². The molecule has 1 atom stereocenters. The molecule has 23 heavy (non-hydrogen) atoms. The molecule has 2 fully saturated rings. The zero-order valence-electron chi connectivity index (χ0n) is 13.0. The van der Waals surface area contributed by atoms with Crippen LogP contribution in [0.15, 0.2) is 24.3 Å². The minimum absolute atomic E-state index is 0. The first-order chi connectivity index (χ1) is 10.8. The number of benzene rings is 1. The summed E-state index contributed by atoms with van der Waals surface area (Å²) in [6.07, 6.45) is 2.30. The normalized spacial score (nSPS) is 21.5. The smallest absolute Gasteiger partial charge is 0.258 e. The molecule has 2 saturated heterocycles. The fourth-order valence-corrected chi connectivity index (χ4v) is 5.49. The highest BCUT2D eigenvalue weighted by atomic mass is 35.5. The van der Waals surface area contributed by atoms with Crippen molar-refractivity contribution >= 4 is 41.8 Å². The fraction of sp³-hybridized carbons (Fsp3) is 0.562. The summed E-state index contributed by atoms with van der Waals surface area (Å²) in [5.41, 5.74) is 1.34. The number of ether oxygens (including phenoxy) is 1. The molecular formula is C16H23ClN2O2S2. The number of amides is 1. The predicted molar refractivity (Wildman–Crippen MR) is 101 cm³/mol. The van der Waals surface area contributed by atoms with Crippen molar-refractivity contribution in [1.82, 2.24) is 10.6 Å². The molecule has 128 valence electrons. The highest BCUT2D eigenvalue weighted by Gasteiger charge is 2.18. The van der Waals surface area contributed by atoms with E-state index in [0.29, 0.717) is 4.58 Å². The lowest BCUT2D eigenvalue weighted by Crippen LogP contribution is -2.39. The lowest BCUT2D eigenvalue weighted by atomic mass is 10.2. The molecular weight excluding hydrogens is 352 g/mol. The Balaban J connectivity index is 0.00000192. The maximum Gasteiger partial charge on any atom is 0.258 e.